The Bertz CT molecular complexity index is 609. The summed E-state index contributed by atoms with van der Waals surface area (Å²) in [6.45, 7) is 3.85. The van der Waals surface area contributed by atoms with Gasteiger partial charge in [0.1, 0.15) is 0 Å². The molecule has 126 valence electrons. The molecule has 0 bridgehead atoms. The van der Waals surface area contributed by atoms with Gasteiger partial charge in [0.05, 0.1) is 6.10 Å². The first kappa shape index (κ1) is 16.9. The molecule has 0 heterocycles. The van der Waals surface area contributed by atoms with Crippen LogP contribution >= 0.6 is 0 Å². The Morgan fingerprint density at radius 2 is 1.46 bits per heavy atom. The molecule has 2 aromatic carbocycles. The number of rotatable bonds is 7. The van der Waals surface area contributed by atoms with Gasteiger partial charge < -0.3 is 5.11 Å². The Labute approximate surface area is 145 Å². The molecule has 0 spiro atoms. The van der Waals surface area contributed by atoms with Crippen molar-refractivity contribution in [3.05, 3.63) is 83.4 Å². The summed E-state index contributed by atoms with van der Waals surface area (Å²) in [5, 5.41) is 10.8. The molecule has 1 N–H and O–H groups in total. The van der Waals surface area contributed by atoms with E-state index in [0.29, 0.717) is 0 Å². The second kappa shape index (κ2) is 8.27. The number of benzene rings is 2. The molecule has 0 radical (unpaired) electrons. The van der Waals surface area contributed by atoms with Crippen LogP contribution in [0.1, 0.15) is 37.3 Å². The minimum atomic E-state index is -0.375. The smallest absolute Gasteiger partial charge is 0.0902 e. The highest BCUT2D eigenvalue weighted by Gasteiger charge is 2.26. The maximum absolute atomic E-state index is 10.8. The molecule has 0 unspecified atom stereocenters. The molecule has 0 aliphatic heterocycles. The molecule has 0 amide bonds. The number of aliphatic hydroxyl groups excluding tert-OH is 1. The zero-order chi connectivity index (χ0) is 16.8. The average Bonchev–Trinajstić information content (AvgIpc) is 3.16. The van der Waals surface area contributed by atoms with Gasteiger partial charge in [0.15, 0.2) is 0 Å². The zero-order valence-corrected chi connectivity index (χ0v) is 14.4. The molecule has 0 fully saturated rings. The van der Waals surface area contributed by atoms with Crippen LogP contribution in [-0.2, 0) is 13.1 Å². The predicted molar refractivity (Wildman–Crippen MR) is 99.5 cm³/mol. The van der Waals surface area contributed by atoms with Gasteiger partial charge in [0.2, 0.25) is 0 Å². The largest absolute Gasteiger partial charge is 0.387 e. The third-order valence-electron chi connectivity index (χ3n) is 4.95. The van der Waals surface area contributed by atoms with Crippen LogP contribution in [0.5, 0.6) is 0 Å². The Balaban J connectivity index is 1.77. The Kier molecular flexibility index (Phi) is 5.84. The third-order valence-corrected chi connectivity index (χ3v) is 4.95. The molecular weight excluding hydrogens is 294 g/mol. The van der Waals surface area contributed by atoms with Crippen molar-refractivity contribution in [2.24, 2.45) is 0 Å². The number of hydrogen-bond acceptors (Lipinski definition) is 2. The lowest BCUT2D eigenvalue weighted by Gasteiger charge is -2.33. The maximum atomic E-state index is 10.8. The molecule has 2 atom stereocenters. The molecule has 1 aliphatic rings. The standard InChI is InChI=1S/C22H27NO/c1-18(22(24)21-14-8-9-15-21)23(16-19-10-4-2-5-11-19)17-20-12-6-3-7-13-20/h2-7,10-14,18,22,24H,8-9,15-17H2,1H3/t18-,22+/m0/s1. The van der Waals surface area contributed by atoms with Gasteiger partial charge in [-0.15, -0.1) is 0 Å². The predicted octanol–water partition coefficient (Wildman–Crippen LogP) is 4.55. The summed E-state index contributed by atoms with van der Waals surface area (Å²) in [5.41, 5.74) is 3.79. The fraction of sp³-hybridized carbons (Fsp3) is 0.364. The highest BCUT2D eigenvalue weighted by Crippen LogP contribution is 2.26. The molecule has 0 saturated heterocycles. The summed E-state index contributed by atoms with van der Waals surface area (Å²) in [5.74, 6) is 0. The van der Waals surface area contributed by atoms with Crippen LogP contribution in [0.2, 0.25) is 0 Å². The average molecular weight is 321 g/mol. The van der Waals surface area contributed by atoms with Gasteiger partial charge in [-0.3, -0.25) is 4.90 Å². The van der Waals surface area contributed by atoms with E-state index < -0.39 is 0 Å². The van der Waals surface area contributed by atoms with Crippen LogP contribution < -0.4 is 0 Å². The third kappa shape index (κ3) is 4.34. The maximum Gasteiger partial charge on any atom is 0.0902 e. The summed E-state index contributed by atoms with van der Waals surface area (Å²) in [6, 6.07) is 21.1. The Hall–Kier alpha value is -1.90. The lowest BCUT2D eigenvalue weighted by atomic mass is 10.0. The summed E-state index contributed by atoms with van der Waals surface area (Å²) in [7, 11) is 0. The van der Waals surface area contributed by atoms with E-state index >= 15 is 0 Å². The van der Waals surface area contributed by atoms with Crippen molar-refractivity contribution in [2.45, 2.75) is 51.4 Å². The highest BCUT2D eigenvalue weighted by atomic mass is 16.3. The van der Waals surface area contributed by atoms with Crippen molar-refractivity contribution in [3.8, 4) is 0 Å². The first-order valence-corrected chi connectivity index (χ1v) is 8.93. The molecule has 3 rings (SSSR count). The van der Waals surface area contributed by atoms with Crippen molar-refractivity contribution in [3.63, 3.8) is 0 Å². The van der Waals surface area contributed by atoms with Crippen molar-refractivity contribution in [1.29, 1.82) is 0 Å². The van der Waals surface area contributed by atoms with E-state index in [4.69, 9.17) is 0 Å². The molecule has 0 aromatic heterocycles. The van der Waals surface area contributed by atoms with Gasteiger partial charge in [0, 0.05) is 19.1 Å². The fourth-order valence-corrected chi connectivity index (χ4v) is 3.45. The number of aliphatic hydroxyl groups is 1. The van der Waals surface area contributed by atoms with Gasteiger partial charge in [-0.1, -0.05) is 66.7 Å². The highest BCUT2D eigenvalue weighted by molar-refractivity contribution is 5.19. The lowest BCUT2D eigenvalue weighted by molar-refractivity contribution is 0.0698. The van der Waals surface area contributed by atoms with Crippen LogP contribution in [0.4, 0.5) is 0 Å². The molecule has 1 aliphatic carbocycles. The van der Waals surface area contributed by atoms with Crippen molar-refractivity contribution in [2.75, 3.05) is 0 Å². The van der Waals surface area contributed by atoms with Gasteiger partial charge in [-0.2, -0.15) is 0 Å². The molecule has 2 aromatic rings. The summed E-state index contributed by atoms with van der Waals surface area (Å²) in [6.07, 6.45) is 5.17. The van der Waals surface area contributed by atoms with Crippen molar-refractivity contribution < 1.29 is 5.11 Å². The van der Waals surface area contributed by atoms with Crippen LogP contribution in [0.25, 0.3) is 0 Å². The van der Waals surface area contributed by atoms with E-state index in [1.54, 1.807) is 0 Å². The van der Waals surface area contributed by atoms with Crippen LogP contribution in [-0.4, -0.2) is 22.2 Å². The zero-order valence-electron chi connectivity index (χ0n) is 14.4. The van der Waals surface area contributed by atoms with Crippen LogP contribution in [0, 0.1) is 0 Å². The monoisotopic (exact) mass is 321 g/mol. The van der Waals surface area contributed by atoms with Gasteiger partial charge >= 0.3 is 0 Å². The van der Waals surface area contributed by atoms with Crippen molar-refractivity contribution >= 4 is 0 Å². The van der Waals surface area contributed by atoms with E-state index in [1.807, 2.05) is 12.1 Å². The summed E-state index contributed by atoms with van der Waals surface area (Å²) < 4.78 is 0. The van der Waals surface area contributed by atoms with Crippen LogP contribution in [0.15, 0.2) is 72.3 Å². The van der Waals surface area contributed by atoms with E-state index in [0.717, 1.165) is 25.9 Å². The quantitative estimate of drug-likeness (QED) is 0.756. The van der Waals surface area contributed by atoms with E-state index in [1.165, 1.54) is 23.1 Å². The van der Waals surface area contributed by atoms with Gasteiger partial charge in [-0.25, -0.2) is 0 Å². The van der Waals surface area contributed by atoms with E-state index in [-0.39, 0.29) is 12.1 Å². The summed E-state index contributed by atoms with van der Waals surface area (Å²) in [4.78, 5) is 2.38. The minimum absolute atomic E-state index is 0.0924. The Morgan fingerprint density at radius 3 is 1.92 bits per heavy atom. The second-order valence-electron chi connectivity index (χ2n) is 6.73. The SMILES string of the molecule is C[C@@H]([C@@H](O)C1=CCCC1)N(Cc1ccccc1)Cc1ccccc1. The normalized spacial score (nSPS) is 16.9. The fourth-order valence-electron chi connectivity index (χ4n) is 3.45. The van der Waals surface area contributed by atoms with Crippen LogP contribution in [0.3, 0.4) is 0 Å². The topological polar surface area (TPSA) is 23.5 Å². The van der Waals surface area contributed by atoms with E-state index in [9.17, 15) is 5.11 Å². The first-order valence-electron chi connectivity index (χ1n) is 8.93. The molecule has 24 heavy (non-hydrogen) atoms. The molecule has 2 nitrogen and oxygen atoms in total. The van der Waals surface area contributed by atoms with Crippen molar-refractivity contribution in [1.82, 2.24) is 4.90 Å². The Morgan fingerprint density at radius 1 is 0.917 bits per heavy atom. The second-order valence-corrected chi connectivity index (χ2v) is 6.73. The molecular formula is C22H27NO. The summed E-state index contributed by atoms with van der Waals surface area (Å²) >= 11 is 0. The number of allylic oxidation sites excluding steroid dienone is 1. The van der Waals surface area contributed by atoms with Gasteiger partial charge in [0.25, 0.3) is 0 Å². The molecule has 2 heteroatoms. The number of hydrogen-bond donors (Lipinski definition) is 1. The first-order chi connectivity index (χ1) is 11.7. The van der Waals surface area contributed by atoms with E-state index in [2.05, 4.69) is 66.4 Å². The van der Waals surface area contributed by atoms with Gasteiger partial charge in [-0.05, 0) is 42.9 Å². The molecule has 0 saturated carbocycles. The number of nitrogens with zero attached hydrogens (tertiary/aromatic N) is 1. The lowest BCUT2D eigenvalue weighted by Crippen LogP contribution is -2.41. The minimum Gasteiger partial charge on any atom is -0.387 e.